The van der Waals surface area contributed by atoms with E-state index in [0.717, 1.165) is 30.4 Å². The second kappa shape index (κ2) is 27.3. The van der Waals surface area contributed by atoms with Gasteiger partial charge in [0, 0.05) is 20.0 Å². The summed E-state index contributed by atoms with van der Waals surface area (Å²) in [6.45, 7) is 5.04. The molecule has 3 saturated heterocycles. The van der Waals surface area contributed by atoms with Gasteiger partial charge in [0.05, 0.1) is 83.0 Å². The van der Waals surface area contributed by atoms with Gasteiger partial charge in [-0.3, -0.25) is 9.59 Å². The van der Waals surface area contributed by atoms with Crippen LogP contribution in [-0.2, 0) is 52.2 Å². The van der Waals surface area contributed by atoms with Crippen molar-refractivity contribution in [2.24, 2.45) is 11.7 Å². The molecule has 0 radical (unpaired) electrons. The summed E-state index contributed by atoms with van der Waals surface area (Å²) in [7, 11) is 1.32. The van der Waals surface area contributed by atoms with Gasteiger partial charge in [-0.15, -0.1) is 11.8 Å². The number of hydrogen-bond acceptors (Lipinski definition) is 21. The van der Waals surface area contributed by atoms with Gasteiger partial charge in [-0.1, -0.05) is 44.2 Å². The first kappa shape index (κ1) is 52.4. The summed E-state index contributed by atoms with van der Waals surface area (Å²) < 4.78 is 54.1. The van der Waals surface area contributed by atoms with Crippen molar-refractivity contribution in [2.45, 2.75) is 132 Å². The van der Waals surface area contributed by atoms with Crippen molar-refractivity contribution in [1.82, 2.24) is 10.6 Å². The van der Waals surface area contributed by atoms with Crippen molar-refractivity contribution in [1.29, 1.82) is 0 Å². The molecule has 59 heavy (non-hydrogen) atoms. The molecule has 16 atom stereocenters. The van der Waals surface area contributed by atoms with Gasteiger partial charge in [0.25, 0.3) is 0 Å². The van der Waals surface area contributed by atoms with Crippen LogP contribution in [0.25, 0.3) is 0 Å². The highest BCUT2D eigenvalue weighted by molar-refractivity contribution is 8.47. The molecule has 0 saturated carbocycles. The molecule has 23 heteroatoms. The Morgan fingerprint density at radius 1 is 0.797 bits per heavy atom. The lowest BCUT2D eigenvalue weighted by molar-refractivity contribution is -0.351. The van der Waals surface area contributed by atoms with Crippen LogP contribution in [-0.4, -0.2) is 209 Å². The zero-order valence-electron chi connectivity index (χ0n) is 34.2. The number of nitrogens with one attached hydrogen (secondary N) is 2. The van der Waals surface area contributed by atoms with Gasteiger partial charge in [0.1, 0.15) is 52.2 Å². The molecule has 0 spiro atoms. The Balaban J connectivity index is 2.03. The van der Waals surface area contributed by atoms with Gasteiger partial charge in [-0.2, -0.15) is 0 Å². The molecule has 10 N–H and O–H groups in total. The van der Waals surface area contributed by atoms with Crippen LogP contribution in [0.4, 0.5) is 0 Å². The number of amides is 2. The fourth-order valence-corrected chi connectivity index (χ4v) is 9.35. The number of carbonyl (C=O) groups excluding carboxylic acids is 2. The Labute approximate surface area is 359 Å². The van der Waals surface area contributed by atoms with E-state index >= 15 is 0 Å². The number of nitrogens with two attached hydrogens (primary N) is 1. The molecule has 3 aliphatic heterocycles. The average Bonchev–Trinajstić information content (AvgIpc) is 3.20. The Morgan fingerprint density at radius 3 is 1.80 bits per heavy atom. The van der Waals surface area contributed by atoms with E-state index in [1.165, 1.54) is 25.8 Å². The smallest absolute Gasteiger partial charge is 0.233 e. The second-order valence-electron chi connectivity index (χ2n) is 14.3. The summed E-state index contributed by atoms with van der Waals surface area (Å²) in [5, 5.41) is 67.9. The molecule has 3 rings (SSSR count). The molecule has 10 unspecified atom stereocenters. The number of hydrogen-bond donors (Lipinski definition) is 9. The first-order chi connectivity index (χ1) is 28.2. The normalized spacial score (nSPS) is 35.6. The van der Waals surface area contributed by atoms with E-state index in [4.69, 9.17) is 60.6 Å². The summed E-state index contributed by atoms with van der Waals surface area (Å²) in [6, 6.07) is -3.72. The van der Waals surface area contributed by atoms with E-state index in [1.54, 1.807) is 13.8 Å². The fraction of sp³-hybridized carbons (Fsp3) is 0.917. The van der Waals surface area contributed by atoms with Crippen molar-refractivity contribution >= 4 is 51.1 Å². The summed E-state index contributed by atoms with van der Waals surface area (Å²) in [5.74, 6) is -0.789. The predicted molar refractivity (Wildman–Crippen MR) is 218 cm³/mol. The van der Waals surface area contributed by atoms with Crippen LogP contribution in [0.5, 0.6) is 0 Å². The summed E-state index contributed by atoms with van der Waals surface area (Å²) in [5.41, 5.74) is 6.42. The zero-order chi connectivity index (χ0) is 43.6. The number of methoxy groups -OCH3 is 1. The van der Waals surface area contributed by atoms with E-state index in [1.807, 2.05) is 0 Å². The van der Waals surface area contributed by atoms with Gasteiger partial charge in [-0.05, 0) is 19.1 Å². The summed E-state index contributed by atoms with van der Waals surface area (Å²) in [4.78, 5) is 26.1. The highest BCUT2D eigenvalue weighted by Crippen LogP contribution is 2.34. The maximum absolute atomic E-state index is 13.9. The van der Waals surface area contributed by atoms with Crippen LogP contribution in [0.1, 0.15) is 40.5 Å². The molecule has 2 amide bonds. The third-order valence-electron chi connectivity index (χ3n) is 9.90. The lowest BCUT2D eigenvalue weighted by atomic mass is 9.89. The van der Waals surface area contributed by atoms with Gasteiger partial charge < -0.3 is 89.6 Å². The van der Waals surface area contributed by atoms with Gasteiger partial charge in [0.2, 0.25) is 11.8 Å². The van der Waals surface area contributed by atoms with E-state index in [0.29, 0.717) is 3.53 Å². The molecule has 0 aliphatic carbocycles. The SMILES string of the molecule is CCCCSC(=S)SC(C)C(=O)NC1C(O)C(OC2OC(COCCO)[C@@H](C)C(O)[C@@H]2N)[C@H](COCCO)O[C@H]1O[C@@H]1C(COCCO)OC(OC)[C@@H](NC(C)=O)C1O. The van der Waals surface area contributed by atoms with Crippen LogP contribution in [0.2, 0.25) is 0 Å². The van der Waals surface area contributed by atoms with E-state index < -0.39 is 109 Å². The van der Waals surface area contributed by atoms with Gasteiger partial charge >= 0.3 is 0 Å². The molecule has 3 aliphatic rings. The standard InChI is InChI=1S/C36H65N3O17S3/c1-6-7-14-58-36(57)59-19(3)32(47)39-26-29(46)30(55-33-24(37)27(44)18(2)21(52-33)15-49-11-8-40)23(17-51-13-10-42)54-35(26)56-31-22(16-50-12-9-41)53-34(48-5)25(28(31)45)38-20(4)43/h18-19,21-31,33-35,40-42,44-46H,6-17,37H2,1-5H3,(H,38,43)(H,39,47)/t18-,19?,21?,22?,23+,24+,25+,26?,27?,28?,29?,30?,31-,33?,34?,35+/m1/s1. The molecule has 344 valence electrons. The lowest BCUT2D eigenvalue weighted by Crippen LogP contribution is -2.70. The summed E-state index contributed by atoms with van der Waals surface area (Å²) >= 11 is 8.13. The van der Waals surface area contributed by atoms with Crippen LogP contribution < -0.4 is 16.4 Å². The highest BCUT2D eigenvalue weighted by Gasteiger charge is 2.54. The lowest BCUT2D eigenvalue weighted by Gasteiger charge is -2.50. The second-order valence-corrected chi connectivity index (χ2v) is 18.0. The van der Waals surface area contributed by atoms with E-state index in [2.05, 4.69) is 17.6 Å². The number of unbranched alkanes of at least 4 members (excludes halogenated alkanes) is 1. The predicted octanol–water partition coefficient (Wildman–Crippen LogP) is -2.42. The van der Waals surface area contributed by atoms with Crippen molar-refractivity contribution in [3.8, 4) is 0 Å². The van der Waals surface area contributed by atoms with Crippen LogP contribution in [0.3, 0.4) is 0 Å². The van der Waals surface area contributed by atoms with E-state index in [9.17, 15) is 40.2 Å². The number of carbonyl (C=O) groups is 2. The minimum absolute atomic E-state index is 0.0146. The third kappa shape index (κ3) is 15.7. The number of ether oxygens (including phenoxy) is 9. The van der Waals surface area contributed by atoms with Crippen molar-refractivity contribution in [2.75, 3.05) is 72.3 Å². The maximum atomic E-state index is 13.9. The molecule has 3 heterocycles. The Morgan fingerprint density at radius 2 is 1.29 bits per heavy atom. The number of aliphatic hydroxyl groups excluding tert-OH is 6. The monoisotopic (exact) mass is 907 g/mol. The molecule has 0 aromatic heterocycles. The molecule has 3 fully saturated rings. The quantitative estimate of drug-likeness (QED) is 0.0360. The van der Waals surface area contributed by atoms with Gasteiger partial charge in [-0.25, -0.2) is 0 Å². The third-order valence-corrected chi connectivity index (χ3v) is 12.7. The molecule has 20 nitrogen and oxygen atoms in total. The molecular weight excluding hydrogens is 843 g/mol. The Hall–Kier alpha value is -0.910. The minimum Gasteiger partial charge on any atom is -0.394 e. The minimum atomic E-state index is -1.68. The first-order valence-electron chi connectivity index (χ1n) is 19.8. The van der Waals surface area contributed by atoms with Crippen molar-refractivity contribution in [3.05, 3.63) is 0 Å². The molecule has 0 bridgehead atoms. The van der Waals surface area contributed by atoms with Gasteiger partial charge in [0.15, 0.2) is 18.9 Å². The maximum Gasteiger partial charge on any atom is 0.233 e. The summed E-state index contributed by atoms with van der Waals surface area (Å²) in [6.07, 6.45) is -12.3. The Kier molecular flexibility index (Phi) is 24.3. The van der Waals surface area contributed by atoms with E-state index in [-0.39, 0.29) is 59.5 Å². The fourth-order valence-electron chi connectivity index (χ4n) is 6.65. The molecule has 0 aromatic rings. The number of thiocarbonyl (C=S) groups is 1. The number of rotatable bonds is 24. The zero-order valence-corrected chi connectivity index (χ0v) is 36.6. The number of aliphatic hydroxyl groups is 6. The average molecular weight is 908 g/mol. The molecular formula is C36H65N3O17S3. The topological polar surface area (TPSA) is 289 Å². The van der Waals surface area contributed by atoms with Crippen LogP contribution in [0, 0.1) is 5.92 Å². The largest absolute Gasteiger partial charge is 0.394 e. The molecule has 0 aromatic carbocycles. The number of thioether (sulfide) groups is 2. The van der Waals surface area contributed by atoms with Crippen molar-refractivity contribution < 1.29 is 82.9 Å². The van der Waals surface area contributed by atoms with Crippen LogP contribution in [0.15, 0.2) is 0 Å². The highest BCUT2D eigenvalue weighted by atomic mass is 32.2. The first-order valence-corrected chi connectivity index (χ1v) is 22.1. The van der Waals surface area contributed by atoms with Crippen molar-refractivity contribution in [3.63, 3.8) is 0 Å². The van der Waals surface area contributed by atoms with Crippen LogP contribution >= 0.6 is 35.7 Å². The Bertz CT molecular complexity index is 1250.